The Bertz CT molecular complexity index is 568. The van der Waals surface area contributed by atoms with Gasteiger partial charge in [0.2, 0.25) is 0 Å². The van der Waals surface area contributed by atoms with E-state index in [0.29, 0.717) is 0 Å². The monoisotopic (exact) mass is 233 g/mol. The zero-order valence-electron chi connectivity index (χ0n) is 8.52. The Morgan fingerprint density at radius 2 is 2.35 bits per heavy atom. The summed E-state index contributed by atoms with van der Waals surface area (Å²) in [5.74, 6) is -0.498. The van der Waals surface area contributed by atoms with Crippen molar-refractivity contribution in [2.24, 2.45) is 0 Å². The first-order valence-electron chi connectivity index (χ1n) is 4.63. The second-order valence-corrected chi connectivity index (χ2v) is 3.06. The van der Waals surface area contributed by atoms with Crippen LogP contribution in [0.1, 0.15) is 10.6 Å². The number of nitrogens with zero attached hydrogens (tertiary/aromatic N) is 3. The number of nitro groups is 1. The van der Waals surface area contributed by atoms with Crippen molar-refractivity contribution in [1.82, 2.24) is 9.78 Å². The highest BCUT2D eigenvalue weighted by molar-refractivity contribution is 5.92. The quantitative estimate of drug-likeness (QED) is 0.457. The topological polar surface area (TPSA) is 91.2 Å². The van der Waals surface area contributed by atoms with Crippen molar-refractivity contribution in [2.75, 3.05) is 0 Å². The van der Waals surface area contributed by atoms with Crippen LogP contribution in [-0.2, 0) is 0 Å². The lowest BCUT2D eigenvalue weighted by atomic mass is 10.4. The molecule has 0 aliphatic rings. The van der Waals surface area contributed by atoms with E-state index in [1.807, 2.05) is 0 Å². The molecule has 0 spiro atoms. The molecular weight excluding hydrogens is 226 g/mol. The predicted molar refractivity (Wildman–Crippen MR) is 57.2 cm³/mol. The maximum absolute atomic E-state index is 11.5. The molecule has 0 atom stereocenters. The van der Waals surface area contributed by atoms with Crippen molar-refractivity contribution in [1.29, 1.82) is 0 Å². The SMILES string of the molecule is O=C(/C=C/c1ccc([N+](=O)[O-])o1)n1cccn1. The van der Waals surface area contributed by atoms with Gasteiger partial charge in [0, 0.05) is 18.5 Å². The maximum Gasteiger partial charge on any atom is 0.433 e. The van der Waals surface area contributed by atoms with Gasteiger partial charge in [0.25, 0.3) is 5.91 Å². The highest BCUT2D eigenvalue weighted by atomic mass is 16.6. The van der Waals surface area contributed by atoms with Crippen LogP contribution in [0.15, 0.2) is 41.1 Å². The number of carbonyl (C=O) groups excluding carboxylic acids is 1. The first-order valence-corrected chi connectivity index (χ1v) is 4.63. The number of rotatable bonds is 3. The minimum Gasteiger partial charge on any atom is -0.401 e. The van der Waals surface area contributed by atoms with E-state index in [1.54, 1.807) is 6.07 Å². The van der Waals surface area contributed by atoms with E-state index in [1.165, 1.54) is 36.7 Å². The van der Waals surface area contributed by atoms with E-state index >= 15 is 0 Å². The Kier molecular flexibility index (Phi) is 2.82. The third kappa shape index (κ3) is 2.46. The van der Waals surface area contributed by atoms with Gasteiger partial charge >= 0.3 is 5.88 Å². The average Bonchev–Trinajstić information content (AvgIpc) is 2.97. The molecule has 86 valence electrons. The van der Waals surface area contributed by atoms with Crippen molar-refractivity contribution < 1.29 is 14.1 Å². The number of carbonyl (C=O) groups is 1. The number of furan rings is 1. The molecule has 2 aromatic rings. The Balaban J connectivity index is 2.10. The molecular formula is C10H7N3O4. The highest BCUT2D eigenvalue weighted by Gasteiger charge is 2.10. The summed E-state index contributed by atoms with van der Waals surface area (Å²) in [5.41, 5.74) is 0. The summed E-state index contributed by atoms with van der Waals surface area (Å²) in [4.78, 5) is 21.2. The van der Waals surface area contributed by atoms with Gasteiger partial charge in [-0.15, -0.1) is 0 Å². The molecule has 0 aliphatic heterocycles. The average molecular weight is 233 g/mol. The summed E-state index contributed by atoms with van der Waals surface area (Å²) in [7, 11) is 0. The molecule has 0 saturated heterocycles. The van der Waals surface area contributed by atoms with E-state index in [2.05, 4.69) is 5.10 Å². The van der Waals surface area contributed by atoms with E-state index in [0.717, 1.165) is 4.68 Å². The van der Waals surface area contributed by atoms with E-state index < -0.39 is 4.92 Å². The van der Waals surface area contributed by atoms with Gasteiger partial charge in [-0.2, -0.15) is 5.10 Å². The van der Waals surface area contributed by atoms with Gasteiger partial charge in [0.05, 0.1) is 6.07 Å². The summed E-state index contributed by atoms with van der Waals surface area (Å²) in [5, 5.41) is 14.1. The Morgan fingerprint density at radius 3 is 2.94 bits per heavy atom. The van der Waals surface area contributed by atoms with Crippen molar-refractivity contribution in [3.05, 3.63) is 52.5 Å². The Morgan fingerprint density at radius 1 is 1.53 bits per heavy atom. The molecule has 2 rings (SSSR count). The molecule has 0 radical (unpaired) electrons. The maximum atomic E-state index is 11.5. The minimum absolute atomic E-state index is 0.234. The summed E-state index contributed by atoms with van der Waals surface area (Å²) in [6.07, 6.45) is 5.54. The fraction of sp³-hybridized carbons (Fsp3) is 0. The summed E-state index contributed by atoms with van der Waals surface area (Å²) >= 11 is 0. The first kappa shape index (κ1) is 10.8. The molecule has 0 aromatic carbocycles. The van der Waals surface area contributed by atoms with E-state index in [9.17, 15) is 14.9 Å². The summed E-state index contributed by atoms with van der Waals surface area (Å²) < 4.78 is 5.98. The lowest BCUT2D eigenvalue weighted by molar-refractivity contribution is -0.402. The largest absolute Gasteiger partial charge is 0.433 e. The van der Waals surface area contributed by atoms with Gasteiger partial charge in [0.1, 0.15) is 10.7 Å². The molecule has 17 heavy (non-hydrogen) atoms. The van der Waals surface area contributed by atoms with Crippen LogP contribution >= 0.6 is 0 Å². The van der Waals surface area contributed by atoms with Gasteiger partial charge < -0.3 is 4.42 Å². The standard InChI is InChI=1S/C10H7N3O4/c14-9(12-7-1-6-11-12)4-2-8-3-5-10(17-8)13(15)16/h1-7H/b4-2+. The van der Waals surface area contributed by atoms with Gasteiger partial charge in [-0.1, -0.05) is 0 Å². The zero-order valence-corrected chi connectivity index (χ0v) is 8.52. The van der Waals surface area contributed by atoms with Gasteiger partial charge in [-0.3, -0.25) is 14.9 Å². The molecule has 0 unspecified atom stereocenters. The molecule has 7 heteroatoms. The molecule has 0 aliphatic carbocycles. The third-order valence-corrected chi connectivity index (χ3v) is 1.91. The fourth-order valence-electron chi connectivity index (χ4n) is 1.16. The second kappa shape index (κ2) is 4.44. The Labute approximate surface area is 95.1 Å². The highest BCUT2D eigenvalue weighted by Crippen LogP contribution is 2.16. The first-order chi connectivity index (χ1) is 8.16. The number of hydrogen-bond donors (Lipinski definition) is 0. The van der Waals surface area contributed by atoms with Crippen LogP contribution in [0.3, 0.4) is 0 Å². The van der Waals surface area contributed by atoms with Crippen LogP contribution in [0.5, 0.6) is 0 Å². The molecule has 0 saturated carbocycles. The lowest BCUT2D eigenvalue weighted by Gasteiger charge is -1.91. The second-order valence-electron chi connectivity index (χ2n) is 3.06. The molecule has 0 fully saturated rings. The van der Waals surface area contributed by atoms with Crippen molar-refractivity contribution >= 4 is 17.9 Å². The van der Waals surface area contributed by atoms with Gasteiger partial charge in [0.15, 0.2) is 0 Å². The molecule has 0 amide bonds. The molecule has 0 bridgehead atoms. The van der Waals surface area contributed by atoms with Crippen LogP contribution in [0.4, 0.5) is 5.88 Å². The van der Waals surface area contributed by atoms with Crippen LogP contribution in [-0.4, -0.2) is 20.6 Å². The van der Waals surface area contributed by atoms with Crippen LogP contribution < -0.4 is 0 Å². The van der Waals surface area contributed by atoms with Crippen molar-refractivity contribution in [2.45, 2.75) is 0 Å². The summed E-state index contributed by atoms with van der Waals surface area (Å²) in [6, 6.07) is 4.24. The lowest BCUT2D eigenvalue weighted by Crippen LogP contribution is -2.06. The Hall–Kier alpha value is -2.70. The normalized spacial score (nSPS) is 10.8. The minimum atomic E-state index is -0.646. The van der Waals surface area contributed by atoms with Crippen LogP contribution in [0, 0.1) is 10.1 Å². The van der Waals surface area contributed by atoms with Crippen LogP contribution in [0.25, 0.3) is 6.08 Å². The van der Waals surface area contributed by atoms with E-state index in [-0.39, 0.29) is 17.6 Å². The van der Waals surface area contributed by atoms with Crippen molar-refractivity contribution in [3.63, 3.8) is 0 Å². The van der Waals surface area contributed by atoms with Gasteiger partial charge in [-0.05, 0) is 18.2 Å². The molecule has 2 aromatic heterocycles. The number of aromatic nitrogens is 2. The summed E-state index contributed by atoms with van der Waals surface area (Å²) in [6.45, 7) is 0. The molecule has 0 N–H and O–H groups in total. The molecule has 2 heterocycles. The fourth-order valence-corrected chi connectivity index (χ4v) is 1.16. The van der Waals surface area contributed by atoms with Crippen molar-refractivity contribution in [3.8, 4) is 0 Å². The van der Waals surface area contributed by atoms with Crippen LogP contribution in [0.2, 0.25) is 0 Å². The molecule has 7 nitrogen and oxygen atoms in total. The number of allylic oxidation sites excluding steroid dienone is 1. The number of hydrogen-bond acceptors (Lipinski definition) is 5. The predicted octanol–water partition coefficient (Wildman–Crippen LogP) is 1.74. The smallest absolute Gasteiger partial charge is 0.401 e. The third-order valence-electron chi connectivity index (χ3n) is 1.91. The zero-order chi connectivity index (χ0) is 12.3. The van der Waals surface area contributed by atoms with E-state index in [4.69, 9.17) is 4.42 Å². The van der Waals surface area contributed by atoms with Gasteiger partial charge in [-0.25, -0.2) is 4.68 Å².